The number of hydrogen-bond donors (Lipinski definition) is 1. The van der Waals surface area contributed by atoms with Crippen LogP contribution in [0.3, 0.4) is 0 Å². The van der Waals surface area contributed by atoms with Crippen molar-refractivity contribution >= 4 is 17.8 Å². The van der Waals surface area contributed by atoms with Crippen molar-refractivity contribution in [2.45, 2.75) is 6.54 Å². The molecule has 0 spiro atoms. The fourth-order valence-corrected chi connectivity index (χ4v) is 2.73. The van der Waals surface area contributed by atoms with Crippen LogP contribution in [0.2, 0.25) is 5.02 Å². The van der Waals surface area contributed by atoms with Crippen LogP contribution in [-0.4, -0.2) is 47.4 Å². The number of rotatable bonds is 4. The third-order valence-electron chi connectivity index (χ3n) is 3.96. The molecule has 120 valence electrons. The zero-order valence-corrected chi connectivity index (χ0v) is 13.7. The van der Waals surface area contributed by atoms with Crippen molar-refractivity contribution in [1.82, 2.24) is 9.91 Å². The molecule has 0 bridgehead atoms. The van der Waals surface area contributed by atoms with Gasteiger partial charge in [-0.3, -0.25) is 9.91 Å². The van der Waals surface area contributed by atoms with Crippen molar-refractivity contribution in [2.75, 3.05) is 26.2 Å². The molecule has 1 aliphatic heterocycles. The fourth-order valence-electron chi connectivity index (χ4n) is 2.60. The molecule has 23 heavy (non-hydrogen) atoms. The first kappa shape index (κ1) is 15.8. The Labute approximate surface area is 141 Å². The van der Waals surface area contributed by atoms with Gasteiger partial charge in [-0.15, -0.1) is 0 Å². The Hall–Kier alpha value is -2.04. The smallest absolute Gasteiger partial charge is 0.124 e. The van der Waals surface area contributed by atoms with Gasteiger partial charge in [0, 0.05) is 43.3 Å². The monoisotopic (exact) mass is 329 g/mol. The summed E-state index contributed by atoms with van der Waals surface area (Å²) in [6.07, 6.45) is 1.73. The molecule has 1 aliphatic rings. The highest BCUT2D eigenvalue weighted by Crippen LogP contribution is 2.15. The summed E-state index contributed by atoms with van der Waals surface area (Å²) in [5.41, 5.74) is 2.02. The second kappa shape index (κ2) is 7.49. The van der Waals surface area contributed by atoms with Crippen molar-refractivity contribution in [3.8, 4) is 5.75 Å². The van der Waals surface area contributed by atoms with Crippen LogP contribution in [0.25, 0.3) is 0 Å². The molecule has 3 rings (SSSR count). The number of piperazine rings is 1. The average molecular weight is 330 g/mol. The van der Waals surface area contributed by atoms with Crippen LogP contribution in [0.4, 0.5) is 0 Å². The molecule has 2 aromatic rings. The normalized spacial score (nSPS) is 16.1. The van der Waals surface area contributed by atoms with Crippen LogP contribution < -0.4 is 0 Å². The third kappa shape index (κ3) is 4.47. The highest BCUT2D eigenvalue weighted by atomic mass is 35.5. The molecule has 0 amide bonds. The molecule has 0 unspecified atom stereocenters. The maximum atomic E-state index is 9.74. The van der Waals surface area contributed by atoms with Crippen LogP contribution in [0.5, 0.6) is 5.75 Å². The molecule has 0 aromatic heterocycles. The lowest BCUT2D eigenvalue weighted by Crippen LogP contribution is -2.43. The van der Waals surface area contributed by atoms with Gasteiger partial charge in [0.25, 0.3) is 0 Å². The number of nitrogens with zero attached hydrogens (tertiary/aromatic N) is 3. The highest BCUT2D eigenvalue weighted by molar-refractivity contribution is 6.30. The van der Waals surface area contributed by atoms with Gasteiger partial charge in [0.2, 0.25) is 0 Å². The zero-order valence-electron chi connectivity index (χ0n) is 12.9. The molecule has 1 N–H and O–H groups in total. The quantitative estimate of drug-likeness (QED) is 0.876. The molecule has 0 aliphatic carbocycles. The van der Waals surface area contributed by atoms with Gasteiger partial charge in [-0.05, 0) is 29.8 Å². The van der Waals surface area contributed by atoms with Crippen molar-refractivity contribution in [3.63, 3.8) is 0 Å². The summed E-state index contributed by atoms with van der Waals surface area (Å²) in [5.74, 6) is 0.262. The minimum absolute atomic E-state index is 0.262. The van der Waals surface area contributed by atoms with Gasteiger partial charge in [0.1, 0.15) is 5.75 Å². The molecule has 4 nitrogen and oxygen atoms in total. The van der Waals surface area contributed by atoms with E-state index >= 15 is 0 Å². The maximum Gasteiger partial charge on any atom is 0.124 e. The minimum Gasteiger partial charge on any atom is -0.507 e. The van der Waals surface area contributed by atoms with Crippen LogP contribution in [0, 0.1) is 0 Å². The predicted molar refractivity (Wildman–Crippen MR) is 94.0 cm³/mol. The van der Waals surface area contributed by atoms with E-state index in [1.54, 1.807) is 12.3 Å². The largest absolute Gasteiger partial charge is 0.507 e. The van der Waals surface area contributed by atoms with E-state index in [9.17, 15) is 5.11 Å². The Morgan fingerprint density at radius 1 is 1.00 bits per heavy atom. The topological polar surface area (TPSA) is 39.1 Å². The standard InChI is InChI=1S/C18H20ClN3O/c19-17-7-5-15(6-8-17)14-21-9-11-22(12-10-21)20-13-16-3-1-2-4-18(16)23/h1-8,13,23H,9-12,14H2/b20-13-. The molecule has 0 atom stereocenters. The zero-order chi connectivity index (χ0) is 16.1. The Balaban J connectivity index is 1.50. The molecular weight excluding hydrogens is 310 g/mol. The Bertz CT molecular complexity index is 664. The maximum absolute atomic E-state index is 9.74. The lowest BCUT2D eigenvalue weighted by molar-refractivity contribution is 0.131. The predicted octanol–water partition coefficient (Wildman–Crippen LogP) is 3.20. The highest BCUT2D eigenvalue weighted by Gasteiger charge is 2.15. The molecule has 5 heteroatoms. The van der Waals surface area contributed by atoms with Crippen LogP contribution in [-0.2, 0) is 6.54 Å². The first-order chi connectivity index (χ1) is 11.2. The van der Waals surface area contributed by atoms with E-state index in [1.165, 1.54) is 5.56 Å². The van der Waals surface area contributed by atoms with E-state index < -0.39 is 0 Å². The van der Waals surface area contributed by atoms with E-state index in [0.717, 1.165) is 43.3 Å². The minimum atomic E-state index is 0.262. The number of hydrazone groups is 1. The van der Waals surface area contributed by atoms with Gasteiger partial charge in [-0.1, -0.05) is 35.9 Å². The number of phenolic OH excluding ortho intramolecular Hbond substituents is 1. The number of benzene rings is 2. The molecule has 1 fully saturated rings. The molecule has 1 saturated heterocycles. The molecular formula is C18H20ClN3O. The summed E-state index contributed by atoms with van der Waals surface area (Å²) >= 11 is 5.92. The Morgan fingerprint density at radius 3 is 2.39 bits per heavy atom. The first-order valence-corrected chi connectivity index (χ1v) is 8.12. The van der Waals surface area contributed by atoms with Gasteiger partial charge < -0.3 is 5.11 Å². The van der Waals surface area contributed by atoms with Crippen LogP contribution in [0.1, 0.15) is 11.1 Å². The van der Waals surface area contributed by atoms with Gasteiger partial charge >= 0.3 is 0 Å². The van der Waals surface area contributed by atoms with Crippen LogP contribution >= 0.6 is 11.6 Å². The van der Waals surface area contributed by atoms with E-state index in [-0.39, 0.29) is 5.75 Å². The lowest BCUT2D eigenvalue weighted by atomic mass is 10.2. The Morgan fingerprint density at radius 2 is 1.70 bits per heavy atom. The van der Waals surface area contributed by atoms with E-state index in [2.05, 4.69) is 22.1 Å². The lowest BCUT2D eigenvalue weighted by Gasteiger charge is -2.33. The molecule has 2 aromatic carbocycles. The summed E-state index contributed by atoms with van der Waals surface area (Å²) in [6, 6.07) is 15.2. The van der Waals surface area contributed by atoms with Gasteiger partial charge in [0.05, 0.1) is 6.21 Å². The van der Waals surface area contributed by atoms with E-state index in [0.29, 0.717) is 0 Å². The van der Waals surface area contributed by atoms with Gasteiger partial charge in [-0.25, -0.2) is 0 Å². The number of phenols is 1. The van der Waals surface area contributed by atoms with Crippen molar-refractivity contribution in [2.24, 2.45) is 5.10 Å². The summed E-state index contributed by atoms with van der Waals surface area (Å²) in [7, 11) is 0. The summed E-state index contributed by atoms with van der Waals surface area (Å²) in [4.78, 5) is 2.41. The van der Waals surface area contributed by atoms with Gasteiger partial charge in [0.15, 0.2) is 0 Å². The average Bonchev–Trinajstić information content (AvgIpc) is 2.58. The van der Waals surface area contributed by atoms with Crippen LogP contribution in [0.15, 0.2) is 53.6 Å². The summed E-state index contributed by atoms with van der Waals surface area (Å²) in [5, 5.41) is 17.0. The fraction of sp³-hybridized carbons (Fsp3) is 0.278. The first-order valence-electron chi connectivity index (χ1n) is 7.74. The molecule has 1 heterocycles. The second-order valence-electron chi connectivity index (χ2n) is 5.66. The van der Waals surface area contributed by atoms with Crippen molar-refractivity contribution in [3.05, 3.63) is 64.7 Å². The number of hydrogen-bond acceptors (Lipinski definition) is 4. The molecule has 0 radical (unpaired) electrons. The van der Waals surface area contributed by atoms with Crippen molar-refractivity contribution in [1.29, 1.82) is 0 Å². The number of halogens is 1. The molecule has 0 saturated carbocycles. The Kier molecular flexibility index (Phi) is 5.16. The number of para-hydroxylation sites is 1. The SMILES string of the molecule is Oc1ccccc1/C=N\N1CCN(Cc2ccc(Cl)cc2)CC1. The summed E-state index contributed by atoms with van der Waals surface area (Å²) in [6.45, 7) is 4.66. The van der Waals surface area contributed by atoms with E-state index in [1.807, 2.05) is 35.3 Å². The number of aromatic hydroxyl groups is 1. The van der Waals surface area contributed by atoms with Crippen molar-refractivity contribution < 1.29 is 5.11 Å². The van der Waals surface area contributed by atoms with E-state index in [4.69, 9.17) is 11.6 Å². The summed E-state index contributed by atoms with van der Waals surface area (Å²) < 4.78 is 0. The second-order valence-corrected chi connectivity index (χ2v) is 6.10. The van der Waals surface area contributed by atoms with Gasteiger partial charge in [-0.2, -0.15) is 5.10 Å². The third-order valence-corrected chi connectivity index (χ3v) is 4.22.